The van der Waals surface area contributed by atoms with Gasteiger partial charge in [0.1, 0.15) is 0 Å². The van der Waals surface area contributed by atoms with Crippen molar-refractivity contribution in [2.75, 3.05) is 0 Å². The summed E-state index contributed by atoms with van der Waals surface area (Å²) >= 11 is 2.97. The Morgan fingerprint density at radius 3 is 2.81 bits per heavy atom. The van der Waals surface area contributed by atoms with E-state index in [1.54, 1.807) is 12.3 Å². The monoisotopic (exact) mass is 282 g/mol. The van der Waals surface area contributed by atoms with Gasteiger partial charge in [-0.1, -0.05) is 0 Å². The number of pyridine rings is 1. The van der Waals surface area contributed by atoms with Crippen molar-refractivity contribution in [2.24, 2.45) is 0 Å². The van der Waals surface area contributed by atoms with Gasteiger partial charge in [0.05, 0.1) is 9.99 Å². The fourth-order valence-electron chi connectivity index (χ4n) is 1.80. The van der Waals surface area contributed by atoms with Crippen LogP contribution in [0.15, 0.2) is 29.0 Å². The van der Waals surface area contributed by atoms with Crippen LogP contribution in [0.2, 0.25) is 0 Å². The molecule has 0 aliphatic rings. The Labute approximate surface area is 97.4 Å². The number of rotatable bonds is 0. The van der Waals surface area contributed by atoms with E-state index in [1.807, 2.05) is 0 Å². The van der Waals surface area contributed by atoms with Crippen molar-refractivity contribution in [1.82, 2.24) is 9.97 Å². The largest absolute Gasteiger partial charge is 0.354 e. The maximum atomic E-state index is 13.8. The Morgan fingerprint density at radius 2 is 2.00 bits per heavy atom. The molecule has 0 atom stereocenters. The van der Waals surface area contributed by atoms with Crippen LogP contribution in [0.1, 0.15) is 0 Å². The SMILES string of the molecule is Fc1c(Br)cc2[nH]c3ccncc3c2c1F. The Kier molecular flexibility index (Phi) is 1.97. The Balaban J connectivity index is 2.62. The van der Waals surface area contributed by atoms with E-state index < -0.39 is 11.6 Å². The van der Waals surface area contributed by atoms with Gasteiger partial charge in [-0.25, -0.2) is 8.78 Å². The molecule has 0 saturated heterocycles. The number of H-pyrrole nitrogens is 1. The van der Waals surface area contributed by atoms with E-state index in [-0.39, 0.29) is 9.86 Å². The summed E-state index contributed by atoms with van der Waals surface area (Å²) in [6, 6.07) is 3.24. The summed E-state index contributed by atoms with van der Waals surface area (Å²) in [6.45, 7) is 0. The number of hydrogen-bond donors (Lipinski definition) is 1. The minimum Gasteiger partial charge on any atom is -0.354 e. The van der Waals surface area contributed by atoms with E-state index in [9.17, 15) is 8.78 Å². The van der Waals surface area contributed by atoms with Crippen LogP contribution in [0.25, 0.3) is 21.8 Å². The zero-order chi connectivity index (χ0) is 11.3. The molecule has 0 aliphatic carbocycles. The number of nitrogens with zero attached hydrogens (tertiary/aromatic N) is 1. The fourth-order valence-corrected chi connectivity index (χ4v) is 2.21. The first kappa shape index (κ1) is 9.72. The van der Waals surface area contributed by atoms with Crippen LogP contribution in [-0.4, -0.2) is 9.97 Å². The molecule has 0 aliphatic heterocycles. The molecular formula is C11H5BrF2N2. The number of benzene rings is 1. The zero-order valence-electron chi connectivity index (χ0n) is 7.89. The summed E-state index contributed by atoms with van der Waals surface area (Å²) < 4.78 is 27.3. The van der Waals surface area contributed by atoms with Gasteiger partial charge in [0.25, 0.3) is 0 Å². The Bertz CT molecular complexity index is 706. The van der Waals surface area contributed by atoms with Gasteiger partial charge >= 0.3 is 0 Å². The number of nitrogens with one attached hydrogen (secondary N) is 1. The van der Waals surface area contributed by atoms with Gasteiger partial charge in [0.15, 0.2) is 11.6 Å². The van der Waals surface area contributed by atoms with Crippen molar-refractivity contribution in [2.45, 2.75) is 0 Å². The van der Waals surface area contributed by atoms with Gasteiger partial charge in [0, 0.05) is 28.7 Å². The lowest BCUT2D eigenvalue weighted by Gasteiger charge is -1.98. The van der Waals surface area contributed by atoms with E-state index in [1.165, 1.54) is 12.3 Å². The first-order chi connectivity index (χ1) is 7.68. The second kappa shape index (κ2) is 3.25. The van der Waals surface area contributed by atoms with E-state index in [0.29, 0.717) is 10.9 Å². The molecule has 0 spiro atoms. The number of aromatic amines is 1. The Morgan fingerprint density at radius 1 is 1.19 bits per heavy atom. The second-order valence-corrected chi connectivity index (χ2v) is 4.31. The molecule has 3 aromatic rings. The van der Waals surface area contributed by atoms with Crippen LogP contribution in [-0.2, 0) is 0 Å². The maximum Gasteiger partial charge on any atom is 0.173 e. The standard InChI is InChI=1S/C11H5BrF2N2/c12-6-3-8-9(11(14)10(6)13)5-4-15-2-1-7(5)16-8/h1-4,16H. The molecule has 16 heavy (non-hydrogen) atoms. The summed E-state index contributed by atoms with van der Waals surface area (Å²) in [5.41, 5.74) is 1.29. The second-order valence-electron chi connectivity index (χ2n) is 3.46. The summed E-state index contributed by atoms with van der Waals surface area (Å²) in [7, 11) is 0. The summed E-state index contributed by atoms with van der Waals surface area (Å²) in [4.78, 5) is 6.92. The normalized spacial score (nSPS) is 11.4. The third kappa shape index (κ3) is 1.18. The minimum absolute atomic E-state index is 0.108. The van der Waals surface area contributed by atoms with Gasteiger partial charge in [-0.15, -0.1) is 0 Å². The molecule has 0 saturated carbocycles. The van der Waals surface area contributed by atoms with E-state index in [4.69, 9.17) is 0 Å². The molecule has 1 N–H and O–H groups in total. The fraction of sp³-hybridized carbons (Fsp3) is 0. The summed E-state index contributed by atoms with van der Waals surface area (Å²) in [5.74, 6) is -1.74. The molecule has 0 amide bonds. The molecule has 3 rings (SSSR count). The Hall–Kier alpha value is -1.49. The van der Waals surface area contributed by atoms with Crippen LogP contribution < -0.4 is 0 Å². The number of hydrogen-bond acceptors (Lipinski definition) is 1. The van der Waals surface area contributed by atoms with E-state index in [2.05, 4.69) is 25.9 Å². The van der Waals surface area contributed by atoms with Gasteiger partial charge in [-0.05, 0) is 28.1 Å². The summed E-state index contributed by atoms with van der Waals surface area (Å²) in [5, 5.41) is 0.824. The van der Waals surface area contributed by atoms with Crippen molar-refractivity contribution >= 4 is 37.7 Å². The number of halogens is 3. The molecule has 0 fully saturated rings. The van der Waals surface area contributed by atoms with Crippen molar-refractivity contribution in [3.63, 3.8) is 0 Å². The van der Waals surface area contributed by atoms with E-state index >= 15 is 0 Å². The van der Waals surface area contributed by atoms with E-state index in [0.717, 1.165) is 5.52 Å². The third-order valence-electron chi connectivity index (χ3n) is 2.52. The molecule has 2 aromatic heterocycles. The average Bonchev–Trinajstić information content (AvgIpc) is 2.64. The molecule has 0 unspecified atom stereocenters. The number of aromatic nitrogens is 2. The lowest BCUT2D eigenvalue weighted by molar-refractivity contribution is 0.513. The number of fused-ring (bicyclic) bond motifs is 3. The van der Waals surface area contributed by atoms with Gasteiger partial charge in [-0.3, -0.25) is 4.98 Å². The highest BCUT2D eigenvalue weighted by Gasteiger charge is 2.15. The lowest BCUT2D eigenvalue weighted by atomic mass is 10.2. The third-order valence-corrected chi connectivity index (χ3v) is 3.10. The van der Waals surface area contributed by atoms with Crippen molar-refractivity contribution in [3.8, 4) is 0 Å². The van der Waals surface area contributed by atoms with Crippen molar-refractivity contribution in [3.05, 3.63) is 40.6 Å². The maximum absolute atomic E-state index is 13.8. The van der Waals surface area contributed by atoms with Crippen LogP contribution in [0, 0.1) is 11.6 Å². The minimum atomic E-state index is -0.878. The first-order valence-electron chi connectivity index (χ1n) is 4.57. The molecule has 0 bridgehead atoms. The van der Waals surface area contributed by atoms with Crippen LogP contribution in [0.5, 0.6) is 0 Å². The zero-order valence-corrected chi connectivity index (χ0v) is 9.48. The van der Waals surface area contributed by atoms with Gasteiger partial charge < -0.3 is 4.98 Å². The molecular weight excluding hydrogens is 278 g/mol. The summed E-state index contributed by atoms with van der Waals surface area (Å²) in [6.07, 6.45) is 3.12. The predicted octanol–water partition coefficient (Wildman–Crippen LogP) is 3.76. The van der Waals surface area contributed by atoms with Gasteiger partial charge in [0.2, 0.25) is 0 Å². The van der Waals surface area contributed by atoms with Crippen molar-refractivity contribution in [1.29, 1.82) is 0 Å². The highest BCUT2D eigenvalue weighted by Crippen LogP contribution is 2.31. The highest BCUT2D eigenvalue weighted by atomic mass is 79.9. The van der Waals surface area contributed by atoms with Crippen LogP contribution in [0.3, 0.4) is 0 Å². The van der Waals surface area contributed by atoms with Crippen LogP contribution in [0.4, 0.5) is 8.78 Å². The van der Waals surface area contributed by atoms with Crippen LogP contribution >= 0.6 is 15.9 Å². The quantitative estimate of drug-likeness (QED) is 0.625. The molecule has 80 valence electrons. The first-order valence-corrected chi connectivity index (χ1v) is 5.36. The average molecular weight is 283 g/mol. The highest BCUT2D eigenvalue weighted by molar-refractivity contribution is 9.10. The predicted molar refractivity (Wildman–Crippen MR) is 61.2 cm³/mol. The topological polar surface area (TPSA) is 28.7 Å². The molecule has 1 aromatic carbocycles. The lowest BCUT2D eigenvalue weighted by Crippen LogP contribution is -1.86. The van der Waals surface area contributed by atoms with Crippen molar-refractivity contribution < 1.29 is 8.78 Å². The molecule has 2 nitrogen and oxygen atoms in total. The molecule has 2 heterocycles. The smallest absolute Gasteiger partial charge is 0.173 e. The van der Waals surface area contributed by atoms with Gasteiger partial charge in [-0.2, -0.15) is 0 Å². The molecule has 5 heteroatoms. The molecule has 0 radical (unpaired) electrons.